The van der Waals surface area contributed by atoms with Gasteiger partial charge in [-0.25, -0.2) is 4.79 Å². The van der Waals surface area contributed by atoms with E-state index < -0.39 is 48.8 Å². The van der Waals surface area contributed by atoms with Crippen molar-refractivity contribution in [2.24, 2.45) is 0 Å². The average Bonchev–Trinajstić information content (AvgIpc) is 2.79. The molecule has 120 valence electrons. The van der Waals surface area contributed by atoms with Crippen molar-refractivity contribution < 1.29 is 39.1 Å². The first kappa shape index (κ1) is 16.1. The second-order valence-electron chi connectivity index (χ2n) is 5.16. The van der Waals surface area contributed by atoms with Gasteiger partial charge in [0.15, 0.2) is 0 Å². The molecule has 0 spiro atoms. The van der Waals surface area contributed by atoms with Crippen LogP contribution >= 0.6 is 0 Å². The fourth-order valence-electron chi connectivity index (χ4n) is 2.73. The highest BCUT2D eigenvalue weighted by atomic mass is 16.8. The summed E-state index contributed by atoms with van der Waals surface area (Å²) in [4.78, 5) is 23.1. The van der Waals surface area contributed by atoms with Gasteiger partial charge < -0.3 is 34.8 Å². The molecule has 2 heterocycles. The quantitative estimate of drug-likeness (QED) is 0.411. The minimum Gasteiger partial charge on any atom is -0.465 e. The molecule has 0 saturated carbocycles. The van der Waals surface area contributed by atoms with E-state index in [1.165, 1.54) is 6.92 Å². The van der Waals surface area contributed by atoms with Crippen LogP contribution in [-0.2, 0) is 23.8 Å². The van der Waals surface area contributed by atoms with Crippen molar-refractivity contribution >= 4 is 11.9 Å². The predicted molar refractivity (Wildman–Crippen MR) is 65.8 cm³/mol. The van der Waals surface area contributed by atoms with Gasteiger partial charge in [0, 0.05) is 13.3 Å². The summed E-state index contributed by atoms with van der Waals surface area (Å²) in [5, 5.41) is 31.5. The van der Waals surface area contributed by atoms with Gasteiger partial charge in [0.2, 0.25) is 5.91 Å². The molecule has 0 radical (unpaired) electrons. The Balaban J connectivity index is 2.30. The number of esters is 1. The highest BCUT2D eigenvalue weighted by Gasteiger charge is 2.63. The molecule has 2 aliphatic rings. The lowest BCUT2D eigenvalue weighted by Gasteiger charge is -2.37. The summed E-state index contributed by atoms with van der Waals surface area (Å²) in [5.74, 6) is -3.03. The van der Waals surface area contributed by atoms with Crippen LogP contribution in [0.5, 0.6) is 0 Å². The minimum atomic E-state index is -1.81. The van der Waals surface area contributed by atoms with E-state index in [1.807, 2.05) is 0 Å². The zero-order valence-electron chi connectivity index (χ0n) is 11.7. The van der Waals surface area contributed by atoms with Crippen molar-refractivity contribution in [3.8, 4) is 0 Å². The molecule has 6 atom stereocenters. The van der Waals surface area contributed by atoms with Gasteiger partial charge in [0.25, 0.3) is 5.79 Å². The Morgan fingerprint density at radius 3 is 2.67 bits per heavy atom. The van der Waals surface area contributed by atoms with Crippen LogP contribution in [0, 0.1) is 0 Å². The monoisotopic (exact) mass is 305 g/mol. The van der Waals surface area contributed by atoms with E-state index >= 15 is 0 Å². The zero-order chi connectivity index (χ0) is 15.8. The van der Waals surface area contributed by atoms with Crippen LogP contribution in [0.15, 0.2) is 0 Å². The molecule has 2 bridgehead atoms. The Hall–Kier alpha value is -1.26. The number of hydrogen-bond donors (Lipinski definition) is 4. The first-order chi connectivity index (χ1) is 9.84. The summed E-state index contributed by atoms with van der Waals surface area (Å²) in [6.45, 7) is 0.648. The lowest BCUT2D eigenvalue weighted by molar-refractivity contribution is -0.235. The van der Waals surface area contributed by atoms with Crippen LogP contribution in [-0.4, -0.2) is 77.2 Å². The number of amides is 1. The molecular weight excluding hydrogens is 286 g/mol. The number of methoxy groups -OCH3 is 1. The van der Waals surface area contributed by atoms with E-state index in [0.29, 0.717) is 0 Å². The van der Waals surface area contributed by atoms with Gasteiger partial charge >= 0.3 is 5.97 Å². The summed E-state index contributed by atoms with van der Waals surface area (Å²) in [5.41, 5.74) is 0. The molecule has 9 nitrogen and oxygen atoms in total. The highest BCUT2D eigenvalue weighted by Crippen LogP contribution is 2.42. The second-order valence-corrected chi connectivity index (χ2v) is 5.16. The topological polar surface area (TPSA) is 135 Å². The van der Waals surface area contributed by atoms with Crippen molar-refractivity contribution in [2.75, 3.05) is 13.7 Å². The van der Waals surface area contributed by atoms with E-state index in [-0.39, 0.29) is 12.3 Å². The van der Waals surface area contributed by atoms with Gasteiger partial charge in [-0.15, -0.1) is 0 Å². The summed E-state index contributed by atoms with van der Waals surface area (Å²) in [7, 11) is 1.15. The van der Waals surface area contributed by atoms with Crippen molar-refractivity contribution in [1.82, 2.24) is 5.32 Å². The molecule has 9 heteroatoms. The number of ether oxygens (including phenoxy) is 3. The maximum atomic E-state index is 11.9. The molecule has 0 aromatic heterocycles. The minimum absolute atomic E-state index is 0.161. The van der Waals surface area contributed by atoms with Crippen LogP contribution in [0.25, 0.3) is 0 Å². The van der Waals surface area contributed by atoms with Gasteiger partial charge in [0.05, 0.1) is 19.8 Å². The SMILES string of the molecule is COC(=O)[C@@]12C[C@@H](NC(C)=O)[C@H](O)[C@H](O1)[C@@H]([C@H](O)CO)O2. The fraction of sp³-hybridized carbons (Fsp3) is 0.833. The summed E-state index contributed by atoms with van der Waals surface area (Å²) >= 11 is 0. The third kappa shape index (κ3) is 2.74. The number of aliphatic hydroxyl groups excluding tert-OH is 3. The maximum absolute atomic E-state index is 11.9. The number of rotatable bonds is 4. The van der Waals surface area contributed by atoms with E-state index in [0.717, 1.165) is 7.11 Å². The molecule has 2 saturated heterocycles. The van der Waals surface area contributed by atoms with Crippen molar-refractivity contribution in [3.05, 3.63) is 0 Å². The molecule has 0 unspecified atom stereocenters. The van der Waals surface area contributed by atoms with E-state index in [9.17, 15) is 19.8 Å². The fourth-order valence-corrected chi connectivity index (χ4v) is 2.73. The van der Waals surface area contributed by atoms with Gasteiger partial charge in [-0.1, -0.05) is 0 Å². The average molecular weight is 305 g/mol. The number of nitrogens with one attached hydrogen (secondary N) is 1. The van der Waals surface area contributed by atoms with Crippen LogP contribution in [0.3, 0.4) is 0 Å². The number of aliphatic hydroxyl groups is 3. The molecule has 2 rings (SSSR count). The number of carbonyl (C=O) groups is 2. The van der Waals surface area contributed by atoms with Gasteiger partial charge in [0.1, 0.15) is 24.4 Å². The summed E-state index contributed by atoms with van der Waals surface area (Å²) in [6.07, 6.45) is -4.88. The molecule has 4 N–H and O–H groups in total. The van der Waals surface area contributed by atoms with E-state index in [2.05, 4.69) is 10.1 Å². The molecule has 2 aliphatic heterocycles. The predicted octanol–water partition coefficient (Wildman–Crippen LogP) is -2.74. The number of carbonyl (C=O) groups excluding carboxylic acids is 2. The van der Waals surface area contributed by atoms with E-state index in [4.69, 9.17) is 14.6 Å². The molecule has 0 aromatic carbocycles. The van der Waals surface area contributed by atoms with Crippen LogP contribution in [0.2, 0.25) is 0 Å². The normalized spacial score (nSPS) is 39.7. The maximum Gasteiger partial charge on any atom is 0.366 e. The lowest BCUT2D eigenvalue weighted by atomic mass is 9.92. The summed E-state index contributed by atoms with van der Waals surface area (Å²) < 4.78 is 15.5. The Morgan fingerprint density at radius 2 is 2.14 bits per heavy atom. The third-order valence-electron chi connectivity index (χ3n) is 3.67. The Morgan fingerprint density at radius 1 is 1.48 bits per heavy atom. The van der Waals surface area contributed by atoms with Gasteiger partial charge in [-0.3, -0.25) is 4.79 Å². The molecule has 2 fully saturated rings. The molecule has 1 amide bonds. The molecule has 0 aliphatic carbocycles. The second kappa shape index (κ2) is 5.85. The van der Waals surface area contributed by atoms with Crippen molar-refractivity contribution in [3.63, 3.8) is 0 Å². The van der Waals surface area contributed by atoms with Crippen LogP contribution in [0.1, 0.15) is 13.3 Å². The Kier molecular flexibility index (Phi) is 4.49. The van der Waals surface area contributed by atoms with Gasteiger partial charge in [-0.2, -0.15) is 0 Å². The Labute approximate surface area is 120 Å². The number of fused-ring (bicyclic) bond motifs is 2. The third-order valence-corrected chi connectivity index (χ3v) is 3.67. The molecular formula is C12H19NO8. The lowest BCUT2D eigenvalue weighted by Crippen LogP contribution is -2.59. The van der Waals surface area contributed by atoms with Crippen LogP contribution < -0.4 is 5.32 Å². The van der Waals surface area contributed by atoms with E-state index in [1.54, 1.807) is 0 Å². The first-order valence-corrected chi connectivity index (χ1v) is 6.52. The molecule has 0 aromatic rings. The highest BCUT2D eigenvalue weighted by molar-refractivity contribution is 5.79. The number of hydrogen-bond acceptors (Lipinski definition) is 8. The summed E-state index contributed by atoms with van der Waals surface area (Å²) in [6, 6.07) is -0.795. The smallest absolute Gasteiger partial charge is 0.366 e. The van der Waals surface area contributed by atoms with Crippen molar-refractivity contribution in [2.45, 2.75) is 49.6 Å². The van der Waals surface area contributed by atoms with Gasteiger partial charge in [-0.05, 0) is 0 Å². The zero-order valence-corrected chi connectivity index (χ0v) is 11.7. The first-order valence-electron chi connectivity index (χ1n) is 6.52. The molecule has 21 heavy (non-hydrogen) atoms. The standard InChI is InChI=1S/C12H19NO8/c1-5(15)13-6-3-12(11(18)19-2)20-9(7(16)4-14)10(21-12)8(6)17/h6-10,14,16-17H,3-4H2,1-2H3,(H,13,15)/t6-,7-,8+,9-,10+,12-/m1/s1. The Bertz CT molecular complexity index is 429. The van der Waals surface area contributed by atoms with Crippen LogP contribution in [0.4, 0.5) is 0 Å². The van der Waals surface area contributed by atoms with Crippen molar-refractivity contribution in [1.29, 1.82) is 0 Å². The largest absolute Gasteiger partial charge is 0.465 e.